The van der Waals surface area contributed by atoms with Crippen LogP contribution in [0.4, 0.5) is 17.6 Å². The van der Waals surface area contributed by atoms with E-state index < -0.39 is 25.0 Å². The summed E-state index contributed by atoms with van der Waals surface area (Å²) in [6, 6.07) is 0. The van der Waals surface area contributed by atoms with E-state index in [4.69, 9.17) is 0 Å². The first-order chi connectivity index (χ1) is 5.40. The van der Waals surface area contributed by atoms with E-state index in [2.05, 4.69) is 0 Å². The molecule has 0 bridgehead atoms. The summed E-state index contributed by atoms with van der Waals surface area (Å²) in [6.07, 6.45) is 0. The van der Waals surface area contributed by atoms with Gasteiger partial charge in [0.05, 0.1) is 0 Å². The van der Waals surface area contributed by atoms with Gasteiger partial charge in [0.2, 0.25) is 0 Å². The topological polar surface area (TPSA) is 3.24 Å². The van der Waals surface area contributed by atoms with Gasteiger partial charge in [0.1, 0.15) is 0 Å². The van der Waals surface area contributed by atoms with Crippen LogP contribution < -0.4 is 0 Å². The zero-order valence-electron chi connectivity index (χ0n) is 6.82. The molecule has 0 N–H and O–H groups in total. The molecule has 0 radical (unpaired) electrons. The standard InChI is InChI=1S/C6H10AsF4N/c1-3-12(4-2)5(8)7-6(9,10)11/h3-4H2,1-2H3. The van der Waals surface area contributed by atoms with Gasteiger partial charge >= 0.3 is 74.4 Å². The third kappa shape index (κ3) is 4.88. The minimum absolute atomic E-state index is 0.286. The third-order valence-corrected chi connectivity index (χ3v) is 2.76. The van der Waals surface area contributed by atoms with E-state index >= 15 is 0 Å². The van der Waals surface area contributed by atoms with Crippen LogP contribution in [-0.2, 0) is 0 Å². The molecule has 0 heterocycles. The average molecular weight is 247 g/mol. The van der Waals surface area contributed by atoms with E-state index in [9.17, 15) is 17.6 Å². The molecule has 1 nitrogen and oxygen atoms in total. The SMILES string of the molecule is CCN(CC)C(F)=[As]C(F)(F)F. The van der Waals surface area contributed by atoms with Crippen LogP contribution in [0.15, 0.2) is 0 Å². The zero-order valence-corrected chi connectivity index (χ0v) is 8.70. The van der Waals surface area contributed by atoms with Gasteiger partial charge in [-0.25, -0.2) is 0 Å². The molecule has 0 spiro atoms. The van der Waals surface area contributed by atoms with Gasteiger partial charge in [0.25, 0.3) is 0 Å². The Labute approximate surface area is 75.0 Å². The van der Waals surface area contributed by atoms with Crippen LogP contribution in [0.2, 0.25) is 0 Å². The van der Waals surface area contributed by atoms with Crippen molar-refractivity contribution < 1.29 is 17.6 Å². The van der Waals surface area contributed by atoms with Crippen LogP contribution >= 0.6 is 0 Å². The van der Waals surface area contributed by atoms with Gasteiger partial charge in [-0.3, -0.25) is 0 Å². The molecule has 0 aromatic carbocycles. The molecule has 12 heavy (non-hydrogen) atoms. The summed E-state index contributed by atoms with van der Waals surface area (Å²) in [5.41, 5.74) is 0. The van der Waals surface area contributed by atoms with E-state index in [1.54, 1.807) is 13.8 Å². The molecule has 72 valence electrons. The van der Waals surface area contributed by atoms with Gasteiger partial charge in [-0.1, -0.05) is 0 Å². The first kappa shape index (κ1) is 12.1. The second-order valence-electron chi connectivity index (χ2n) is 2.02. The van der Waals surface area contributed by atoms with Gasteiger partial charge in [0.15, 0.2) is 0 Å². The molecule has 0 atom stereocenters. The predicted octanol–water partition coefficient (Wildman–Crippen LogP) is 1.61. The summed E-state index contributed by atoms with van der Waals surface area (Å²) in [5.74, 6) is 0. The summed E-state index contributed by atoms with van der Waals surface area (Å²) in [5, 5.41) is 0. The maximum absolute atomic E-state index is 12.7. The van der Waals surface area contributed by atoms with E-state index in [0.29, 0.717) is 0 Å². The Kier molecular flexibility index (Phi) is 5.02. The van der Waals surface area contributed by atoms with Gasteiger partial charge in [-0.2, -0.15) is 0 Å². The zero-order chi connectivity index (χ0) is 9.78. The normalized spacial score (nSPS) is 14.1. The first-order valence-electron chi connectivity index (χ1n) is 3.47. The number of nitrogens with zero attached hydrogens (tertiary/aromatic N) is 1. The Bertz CT molecular complexity index is 161. The fourth-order valence-electron chi connectivity index (χ4n) is 0.660. The average Bonchev–Trinajstić information content (AvgIpc) is 1.85. The molecule has 0 rings (SSSR count). The molecule has 0 amide bonds. The van der Waals surface area contributed by atoms with E-state index in [0.717, 1.165) is 4.90 Å². The summed E-state index contributed by atoms with van der Waals surface area (Å²) >= 11 is -2.31. The van der Waals surface area contributed by atoms with Crippen molar-refractivity contribution in [2.45, 2.75) is 18.8 Å². The molecular formula is C6H10AsF4N. The summed E-state index contributed by atoms with van der Waals surface area (Å²) in [4.78, 5) is -3.27. The van der Waals surface area contributed by atoms with E-state index in [1.807, 2.05) is 0 Å². The van der Waals surface area contributed by atoms with Crippen molar-refractivity contribution in [2.24, 2.45) is 0 Å². The maximum atomic E-state index is 12.7. The van der Waals surface area contributed by atoms with Crippen molar-refractivity contribution in [3.8, 4) is 0 Å². The molecule has 0 aromatic rings. The molecule has 6 heteroatoms. The molecule has 0 fully saturated rings. The Morgan fingerprint density at radius 1 is 1.25 bits per heavy atom. The van der Waals surface area contributed by atoms with Crippen molar-refractivity contribution in [1.29, 1.82) is 0 Å². The van der Waals surface area contributed by atoms with Gasteiger partial charge in [-0.15, -0.1) is 0 Å². The molecule has 0 unspecified atom stereocenters. The van der Waals surface area contributed by atoms with Crippen LogP contribution in [0.25, 0.3) is 0 Å². The van der Waals surface area contributed by atoms with Crippen molar-refractivity contribution in [1.82, 2.24) is 4.90 Å². The molecule has 0 saturated carbocycles. The minimum atomic E-state index is -4.36. The van der Waals surface area contributed by atoms with Crippen LogP contribution in [0.5, 0.6) is 0 Å². The second-order valence-corrected chi connectivity index (χ2v) is 4.33. The van der Waals surface area contributed by atoms with Gasteiger partial charge in [-0.05, 0) is 0 Å². The monoisotopic (exact) mass is 247 g/mol. The molecule has 0 aromatic heterocycles. The summed E-state index contributed by atoms with van der Waals surface area (Å²) in [7, 11) is 0. The Morgan fingerprint density at radius 3 is 1.92 bits per heavy atom. The number of hydrogen-bond acceptors (Lipinski definition) is 1. The van der Waals surface area contributed by atoms with Gasteiger partial charge in [0, 0.05) is 0 Å². The number of halogens is 4. The number of hydrogen-bond donors (Lipinski definition) is 0. The fourth-order valence-corrected chi connectivity index (χ4v) is 1.99. The number of alkyl halides is 3. The molecule has 0 saturated heterocycles. The molecular weight excluding hydrogens is 237 g/mol. The predicted molar refractivity (Wildman–Crippen MR) is 40.8 cm³/mol. The van der Waals surface area contributed by atoms with E-state index in [1.165, 1.54) is 0 Å². The molecule has 0 aliphatic carbocycles. The second kappa shape index (κ2) is 4.97. The molecule has 0 aliphatic heterocycles. The Balaban J connectivity index is 4.34. The third-order valence-electron chi connectivity index (χ3n) is 1.24. The summed E-state index contributed by atoms with van der Waals surface area (Å²) in [6.45, 7) is 3.82. The fraction of sp³-hybridized carbons (Fsp3) is 0.833. The summed E-state index contributed by atoms with van der Waals surface area (Å²) < 4.78 is 46.8. The van der Waals surface area contributed by atoms with Crippen LogP contribution in [0.1, 0.15) is 13.8 Å². The van der Waals surface area contributed by atoms with E-state index in [-0.39, 0.29) is 13.1 Å². The Morgan fingerprint density at radius 2 is 1.67 bits per heavy atom. The number of rotatable bonds is 3. The van der Waals surface area contributed by atoms with Crippen molar-refractivity contribution in [2.75, 3.05) is 13.1 Å². The van der Waals surface area contributed by atoms with Crippen molar-refractivity contribution in [3.63, 3.8) is 0 Å². The quantitative estimate of drug-likeness (QED) is 0.416. The van der Waals surface area contributed by atoms with Crippen LogP contribution in [-0.4, -0.2) is 42.9 Å². The first-order valence-corrected chi connectivity index (χ1v) is 5.35. The van der Waals surface area contributed by atoms with Crippen LogP contribution in [0, 0.1) is 0 Å². The van der Waals surface area contributed by atoms with Crippen molar-refractivity contribution in [3.05, 3.63) is 0 Å². The van der Waals surface area contributed by atoms with Gasteiger partial charge < -0.3 is 0 Å². The van der Waals surface area contributed by atoms with Crippen LogP contribution in [0.3, 0.4) is 0 Å². The Hall–Kier alpha value is 0.108. The van der Waals surface area contributed by atoms with Crippen molar-refractivity contribution >= 4 is 20.0 Å². The molecule has 0 aliphatic rings.